The third kappa shape index (κ3) is 4.55. The number of aryl methyl sites for hydroxylation is 1. The van der Waals surface area contributed by atoms with E-state index in [4.69, 9.17) is 4.74 Å². The van der Waals surface area contributed by atoms with Gasteiger partial charge in [0.1, 0.15) is 5.75 Å². The molecule has 1 unspecified atom stereocenters. The van der Waals surface area contributed by atoms with Gasteiger partial charge in [-0.15, -0.1) is 0 Å². The van der Waals surface area contributed by atoms with Crippen LogP contribution in [-0.4, -0.2) is 28.9 Å². The fourth-order valence-electron chi connectivity index (χ4n) is 2.30. The molecule has 6 nitrogen and oxygen atoms in total. The van der Waals surface area contributed by atoms with Gasteiger partial charge in [0.15, 0.2) is 6.10 Å². The number of nitrogens with zero attached hydrogens (tertiary/aromatic N) is 2. The molecule has 0 spiro atoms. The van der Waals surface area contributed by atoms with Gasteiger partial charge >= 0.3 is 0 Å². The monoisotopic (exact) mass is 328 g/mol. The fraction of sp³-hybridized carbons (Fsp3) is 0.278. The molecule has 0 fully saturated rings. The highest BCUT2D eigenvalue weighted by Crippen LogP contribution is 2.16. The van der Waals surface area contributed by atoms with Gasteiger partial charge in [-0.2, -0.15) is 0 Å². The molecule has 0 aliphatic rings. The van der Waals surface area contributed by atoms with E-state index in [9.17, 15) is 14.9 Å². The molecular formula is C18H20N2O4. The van der Waals surface area contributed by atoms with Gasteiger partial charge in [0.05, 0.1) is 4.92 Å². The van der Waals surface area contributed by atoms with E-state index in [1.807, 2.05) is 31.2 Å². The molecule has 2 aromatic carbocycles. The lowest BCUT2D eigenvalue weighted by atomic mass is 10.2. The summed E-state index contributed by atoms with van der Waals surface area (Å²) in [5, 5.41) is 10.8. The molecule has 6 heteroatoms. The largest absolute Gasteiger partial charge is 0.481 e. The molecule has 0 saturated carbocycles. The van der Waals surface area contributed by atoms with Crippen molar-refractivity contribution < 1.29 is 14.5 Å². The maximum absolute atomic E-state index is 12.4. The van der Waals surface area contributed by atoms with E-state index < -0.39 is 11.0 Å². The van der Waals surface area contributed by atoms with Gasteiger partial charge in [0.2, 0.25) is 0 Å². The summed E-state index contributed by atoms with van der Waals surface area (Å²) in [6.07, 6.45) is -0.642. The zero-order valence-electron chi connectivity index (χ0n) is 13.9. The molecule has 1 amide bonds. The molecule has 0 radical (unpaired) electrons. The summed E-state index contributed by atoms with van der Waals surface area (Å²) >= 11 is 0. The minimum Gasteiger partial charge on any atom is -0.481 e. The molecular weight excluding hydrogens is 308 g/mol. The van der Waals surface area contributed by atoms with E-state index in [2.05, 4.69) is 0 Å². The number of ether oxygens (including phenoxy) is 1. The van der Waals surface area contributed by atoms with Crippen LogP contribution in [0.4, 0.5) is 5.69 Å². The zero-order valence-corrected chi connectivity index (χ0v) is 13.9. The van der Waals surface area contributed by atoms with Gasteiger partial charge in [-0.1, -0.05) is 29.8 Å². The lowest BCUT2D eigenvalue weighted by molar-refractivity contribution is -0.384. The maximum atomic E-state index is 12.4. The Morgan fingerprint density at radius 3 is 2.54 bits per heavy atom. The number of hydrogen-bond acceptors (Lipinski definition) is 4. The van der Waals surface area contributed by atoms with E-state index >= 15 is 0 Å². The summed E-state index contributed by atoms with van der Waals surface area (Å²) in [5.74, 6) is 0.437. The Bertz CT molecular complexity index is 728. The van der Waals surface area contributed by atoms with Crippen LogP contribution >= 0.6 is 0 Å². The van der Waals surface area contributed by atoms with Crippen LogP contribution in [0.1, 0.15) is 18.1 Å². The molecule has 24 heavy (non-hydrogen) atoms. The Morgan fingerprint density at radius 2 is 1.92 bits per heavy atom. The van der Waals surface area contributed by atoms with Crippen molar-refractivity contribution >= 4 is 11.6 Å². The van der Waals surface area contributed by atoms with Crippen LogP contribution in [0.15, 0.2) is 48.5 Å². The van der Waals surface area contributed by atoms with Crippen LogP contribution in [0.3, 0.4) is 0 Å². The van der Waals surface area contributed by atoms with Crippen LogP contribution in [0.25, 0.3) is 0 Å². The lowest BCUT2D eigenvalue weighted by Gasteiger charge is -2.22. The van der Waals surface area contributed by atoms with Gasteiger partial charge in [-0.25, -0.2) is 0 Å². The molecule has 2 aromatic rings. The fourth-order valence-corrected chi connectivity index (χ4v) is 2.30. The normalized spacial score (nSPS) is 11.6. The number of non-ortho nitro benzene ring substituents is 1. The molecule has 0 aliphatic carbocycles. The first-order valence-corrected chi connectivity index (χ1v) is 7.58. The van der Waals surface area contributed by atoms with E-state index in [0.29, 0.717) is 11.3 Å². The summed E-state index contributed by atoms with van der Waals surface area (Å²) in [7, 11) is 1.65. The van der Waals surface area contributed by atoms with Gasteiger partial charge in [-0.3, -0.25) is 14.9 Å². The lowest BCUT2D eigenvalue weighted by Crippen LogP contribution is -2.37. The molecule has 0 aliphatic heterocycles. The molecule has 0 N–H and O–H groups in total. The predicted molar refractivity (Wildman–Crippen MR) is 90.8 cm³/mol. The zero-order chi connectivity index (χ0) is 17.7. The number of likely N-dealkylation sites (N-methyl/N-ethyl adjacent to an activating group) is 1. The summed E-state index contributed by atoms with van der Waals surface area (Å²) < 4.78 is 5.65. The number of rotatable bonds is 6. The van der Waals surface area contributed by atoms with Crippen molar-refractivity contribution in [2.75, 3.05) is 7.05 Å². The number of carbonyl (C=O) groups is 1. The number of carbonyl (C=O) groups excluding carboxylic acids is 1. The van der Waals surface area contributed by atoms with Crippen molar-refractivity contribution in [1.29, 1.82) is 0 Å². The Morgan fingerprint density at radius 1 is 1.25 bits per heavy atom. The van der Waals surface area contributed by atoms with Crippen LogP contribution in [0.5, 0.6) is 5.75 Å². The third-order valence-electron chi connectivity index (χ3n) is 3.60. The van der Waals surface area contributed by atoms with Crippen molar-refractivity contribution in [3.8, 4) is 5.75 Å². The van der Waals surface area contributed by atoms with E-state index in [1.165, 1.54) is 17.0 Å². The minimum atomic E-state index is -0.642. The van der Waals surface area contributed by atoms with Gasteiger partial charge < -0.3 is 9.64 Å². The average molecular weight is 328 g/mol. The number of hydrogen-bond donors (Lipinski definition) is 0. The number of benzene rings is 2. The Hall–Kier alpha value is -2.89. The third-order valence-corrected chi connectivity index (χ3v) is 3.60. The molecule has 1 atom stereocenters. The van der Waals surface area contributed by atoms with Crippen molar-refractivity contribution in [2.24, 2.45) is 0 Å². The second-order valence-electron chi connectivity index (χ2n) is 5.69. The molecule has 0 heterocycles. The van der Waals surface area contributed by atoms with Gasteiger partial charge in [0.25, 0.3) is 11.6 Å². The minimum absolute atomic E-state index is 0.0114. The Balaban J connectivity index is 1.99. The molecule has 0 saturated heterocycles. The van der Waals surface area contributed by atoms with Gasteiger partial charge in [-0.05, 0) is 31.5 Å². The number of nitro groups is 1. The van der Waals surface area contributed by atoms with Crippen LogP contribution in [-0.2, 0) is 11.3 Å². The van der Waals surface area contributed by atoms with Crippen molar-refractivity contribution in [2.45, 2.75) is 26.5 Å². The van der Waals surface area contributed by atoms with Crippen LogP contribution < -0.4 is 4.74 Å². The quantitative estimate of drug-likeness (QED) is 0.602. The SMILES string of the molecule is Cc1ccc(OC(C)C(=O)N(C)Cc2cccc([N+](=O)[O-])c2)cc1. The second-order valence-corrected chi connectivity index (χ2v) is 5.69. The summed E-state index contributed by atoms with van der Waals surface area (Å²) in [5.41, 5.74) is 1.82. The highest BCUT2D eigenvalue weighted by molar-refractivity contribution is 5.80. The first kappa shape index (κ1) is 17.5. The molecule has 2 rings (SSSR count). The van der Waals surface area contributed by atoms with Crippen molar-refractivity contribution in [3.63, 3.8) is 0 Å². The maximum Gasteiger partial charge on any atom is 0.269 e. The smallest absolute Gasteiger partial charge is 0.269 e. The summed E-state index contributed by atoms with van der Waals surface area (Å²) in [4.78, 5) is 24.3. The standard InChI is InChI=1S/C18H20N2O4/c1-13-7-9-17(10-8-13)24-14(2)18(21)19(3)12-15-5-4-6-16(11-15)20(22)23/h4-11,14H,12H2,1-3H3. The summed E-state index contributed by atoms with van der Waals surface area (Å²) in [6.45, 7) is 3.94. The van der Waals surface area contributed by atoms with Crippen LogP contribution in [0.2, 0.25) is 0 Å². The predicted octanol–water partition coefficient (Wildman–Crippen LogP) is 3.33. The molecule has 0 aromatic heterocycles. The molecule has 0 bridgehead atoms. The molecule has 126 valence electrons. The van der Waals surface area contributed by atoms with Crippen molar-refractivity contribution in [3.05, 3.63) is 69.8 Å². The van der Waals surface area contributed by atoms with Crippen molar-refractivity contribution in [1.82, 2.24) is 4.90 Å². The van der Waals surface area contributed by atoms with E-state index in [-0.39, 0.29) is 18.1 Å². The Labute approximate surface area is 140 Å². The number of amides is 1. The topological polar surface area (TPSA) is 72.7 Å². The van der Waals surface area contributed by atoms with E-state index in [0.717, 1.165) is 5.56 Å². The first-order chi connectivity index (χ1) is 11.4. The summed E-state index contributed by atoms with van der Waals surface area (Å²) in [6, 6.07) is 13.7. The highest BCUT2D eigenvalue weighted by Gasteiger charge is 2.20. The average Bonchev–Trinajstić information content (AvgIpc) is 2.56. The van der Waals surface area contributed by atoms with Crippen LogP contribution in [0, 0.1) is 17.0 Å². The number of nitro benzene ring substituents is 1. The van der Waals surface area contributed by atoms with Gasteiger partial charge in [0, 0.05) is 25.7 Å². The second kappa shape index (κ2) is 7.59. The highest BCUT2D eigenvalue weighted by atomic mass is 16.6. The Kier molecular flexibility index (Phi) is 5.52. The van der Waals surface area contributed by atoms with E-state index in [1.54, 1.807) is 26.1 Å². The first-order valence-electron chi connectivity index (χ1n) is 7.58.